The second-order valence-electron chi connectivity index (χ2n) is 6.63. The van der Waals surface area contributed by atoms with Crippen molar-refractivity contribution in [2.75, 3.05) is 13.1 Å². The largest absolute Gasteiger partial charge is 0.393 e. The van der Waals surface area contributed by atoms with Gasteiger partial charge in [-0.1, -0.05) is 31.0 Å². The number of benzene rings is 1. The Morgan fingerprint density at radius 1 is 1.29 bits per heavy atom. The first-order chi connectivity index (χ1) is 10.2. The van der Waals surface area contributed by atoms with Crippen LogP contribution in [0.15, 0.2) is 29.2 Å². The van der Waals surface area contributed by atoms with Gasteiger partial charge in [0.25, 0.3) is 0 Å². The van der Waals surface area contributed by atoms with E-state index < -0.39 is 0 Å². The van der Waals surface area contributed by atoms with Gasteiger partial charge in [-0.25, -0.2) is 0 Å². The molecule has 2 aliphatic heterocycles. The molecular weight excluding hydrogens is 278 g/mol. The molecule has 0 radical (unpaired) electrons. The molecule has 116 valence electrons. The summed E-state index contributed by atoms with van der Waals surface area (Å²) in [6.07, 6.45) is 7.22. The maximum absolute atomic E-state index is 9.79. The number of hydrogen-bond donors (Lipinski definition) is 1. The van der Waals surface area contributed by atoms with Gasteiger partial charge in [-0.3, -0.25) is 4.90 Å². The molecule has 0 bridgehead atoms. The maximum atomic E-state index is 9.79. The standard InChI is InChI=1S/C18H27NOS/c1-14(20)11-16-8-3-2-6-10-19(16)13-17-12-15-7-4-5-9-18(15)21-17/h4-5,7,9,14,16-17,20H,2-3,6,8,10-13H2,1H3. The Morgan fingerprint density at radius 2 is 2.14 bits per heavy atom. The van der Waals surface area contributed by atoms with Crippen molar-refractivity contribution in [3.63, 3.8) is 0 Å². The fraction of sp³-hybridized carbons (Fsp3) is 0.667. The molecule has 2 nitrogen and oxygen atoms in total. The molecule has 1 aromatic rings. The average Bonchev–Trinajstić information content (AvgIpc) is 2.74. The van der Waals surface area contributed by atoms with Crippen LogP contribution in [0.25, 0.3) is 0 Å². The zero-order chi connectivity index (χ0) is 14.7. The van der Waals surface area contributed by atoms with Gasteiger partial charge in [0, 0.05) is 22.7 Å². The minimum Gasteiger partial charge on any atom is -0.393 e. The number of fused-ring (bicyclic) bond motifs is 1. The number of rotatable bonds is 4. The molecule has 2 aliphatic rings. The molecule has 21 heavy (non-hydrogen) atoms. The summed E-state index contributed by atoms with van der Waals surface area (Å²) >= 11 is 2.05. The van der Waals surface area contributed by atoms with Crippen molar-refractivity contribution in [3.8, 4) is 0 Å². The Bertz CT molecular complexity index is 437. The van der Waals surface area contributed by atoms with Gasteiger partial charge in [-0.2, -0.15) is 0 Å². The topological polar surface area (TPSA) is 23.5 Å². The lowest BCUT2D eigenvalue weighted by Gasteiger charge is -2.32. The molecular formula is C18H27NOS. The first-order valence-corrected chi connectivity index (χ1v) is 9.27. The van der Waals surface area contributed by atoms with Crippen LogP contribution < -0.4 is 0 Å². The van der Waals surface area contributed by atoms with Crippen LogP contribution in [0.2, 0.25) is 0 Å². The number of nitrogens with zero attached hydrogens (tertiary/aromatic N) is 1. The molecule has 1 aromatic carbocycles. The molecule has 1 saturated heterocycles. The lowest BCUT2D eigenvalue weighted by atomic mass is 10.0. The van der Waals surface area contributed by atoms with E-state index in [2.05, 4.69) is 40.9 Å². The number of thioether (sulfide) groups is 1. The van der Waals surface area contributed by atoms with E-state index in [1.807, 2.05) is 6.92 Å². The highest BCUT2D eigenvalue weighted by atomic mass is 32.2. The van der Waals surface area contributed by atoms with E-state index in [-0.39, 0.29) is 6.10 Å². The summed E-state index contributed by atoms with van der Waals surface area (Å²) in [7, 11) is 0. The van der Waals surface area contributed by atoms with Gasteiger partial charge in [0.15, 0.2) is 0 Å². The van der Waals surface area contributed by atoms with Crippen LogP contribution in [0.4, 0.5) is 0 Å². The Labute approximate surface area is 132 Å². The van der Waals surface area contributed by atoms with Gasteiger partial charge in [0.05, 0.1) is 6.10 Å². The summed E-state index contributed by atoms with van der Waals surface area (Å²) in [5, 5.41) is 10.5. The molecule has 0 aromatic heterocycles. The van der Waals surface area contributed by atoms with Gasteiger partial charge in [0.2, 0.25) is 0 Å². The van der Waals surface area contributed by atoms with Crippen molar-refractivity contribution in [1.29, 1.82) is 0 Å². The first-order valence-electron chi connectivity index (χ1n) is 8.39. The highest BCUT2D eigenvalue weighted by Gasteiger charge is 2.28. The number of hydrogen-bond acceptors (Lipinski definition) is 3. The number of aliphatic hydroxyl groups is 1. The van der Waals surface area contributed by atoms with Crippen molar-refractivity contribution in [1.82, 2.24) is 4.90 Å². The third kappa shape index (κ3) is 4.02. The Balaban J connectivity index is 1.62. The minimum atomic E-state index is -0.177. The highest BCUT2D eigenvalue weighted by molar-refractivity contribution is 8.00. The average molecular weight is 305 g/mol. The maximum Gasteiger partial charge on any atom is 0.0527 e. The minimum absolute atomic E-state index is 0.177. The van der Waals surface area contributed by atoms with E-state index in [0.29, 0.717) is 11.3 Å². The zero-order valence-corrected chi connectivity index (χ0v) is 13.8. The van der Waals surface area contributed by atoms with Crippen molar-refractivity contribution >= 4 is 11.8 Å². The molecule has 3 atom stereocenters. The van der Waals surface area contributed by atoms with Crippen molar-refractivity contribution in [2.24, 2.45) is 0 Å². The molecule has 2 heterocycles. The summed E-state index contributed by atoms with van der Waals surface area (Å²) in [5.74, 6) is 0. The van der Waals surface area contributed by atoms with Gasteiger partial charge in [0.1, 0.15) is 0 Å². The number of likely N-dealkylation sites (tertiary alicyclic amines) is 1. The lowest BCUT2D eigenvalue weighted by molar-refractivity contribution is 0.113. The van der Waals surface area contributed by atoms with Crippen LogP contribution in [0.3, 0.4) is 0 Å². The van der Waals surface area contributed by atoms with E-state index in [1.54, 1.807) is 0 Å². The summed E-state index contributed by atoms with van der Waals surface area (Å²) < 4.78 is 0. The van der Waals surface area contributed by atoms with Crippen molar-refractivity contribution in [2.45, 2.75) is 67.7 Å². The molecule has 0 spiro atoms. The quantitative estimate of drug-likeness (QED) is 0.917. The molecule has 1 fully saturated rings. The Morgan fingerprint density at radius 3 is 2.95 bits per heavy atom. The molecule has 1 N–H and O–H groups in total. The SMILES string of the molecule is CC(O)CC1CCCCCN1CC1Cc2ccccc2S1. The van der Waals surface area contributed by atoms with Crippen molar-refractivity contribution in [3.05, 3.63) is 29.8 Å². The third-order valence-corrected chi connectivity index (χ3v) is 6.07. The third-order valence-electron chi connectivity index (χ3n) is 4.76. The van der Waals surface area contributed by atoms with E-state index in [4.69, 9.17) is 0 Å². The van der Waals surface area contributed by atoms with Crippen LogP contribution in [0, 0.1) is 0 Å². The Kier molecular flexibility index (Phi) is 5.25. The lowest BCUT2D eigenvalue weighted by Crippen LogP contribution is -2.40. The fourth-order valence-electron chi connectivity index (χ4n) is 3.76. The monoisotopic (exact) mass is 305 g/mol. The van der Waals surface area contributed by atoms with Gasteiger partial charge < -0.3 is 5.11 Å². The predicted molar refractivity (Wildman–Crippen MR) is 89.9 cm³/mol. The van der Waals surface area contributed by atoms with Crippen LogP contribution in [0.1, 0.15) is 44.6 Å². The summed E-state index contributed by atoms with van der Waals surface area (Å²) in [6.45, 7) is 4.32. The normalized spacial score (nSPS) is 28.1. The highest BCUT2D eigenvalue weighted by Crippen LogP contribution is 2.37. The Hall–Kier alpha value is -0.510. The molecule has 3 heteroatoms. The summed E-state index contributed by atoms with van der Waals surface area (Å²) in [6, 6.07) is 9.42. The van der Waals surface area contributed by atoms with E-state index in [1.165, 1.54) is 55.7 Å². The van der Waals surface area contributed by atoms with Crippen LogP contribution in [0.5, 0.6) is 0 Å². The molecule has 3 unspecified atom stereocenters. The van der Waals surface area contributed by atoms with Gasteiger partial charge >= 0.3 is 0 Å². The van der Waals surface area contributed by atoms with Crippen LogP contribution in [-0.2, 0) is 6.42 Å². The van der Waals surface area contributed by atoms with Crippen molar-refractivity contribution < 1.29 is 5.11 Å². The number of aliphatic hydroxyl groups excluding tert-OH is 1. The second kappa shape index (κ2) is 7.17. The molecule has 0 amide bonds. The zero-order valence-electron chi connectivity index (χ0n) is 13.0. The summed E-state index contributed by atoms with van der Waals surface area (Å²) in [5.41, 5.74) is 1.52. The molecule has 3 rings (SSSR count). The molecule has 0 saturated carbocycles. The van der Waals surface area contributed by atoms with Crippen LogP contribution in [-0.4, -0.2) is 40.5 Å². The van der Waals surface area contributed by atoms with Gasteiger partial charge in [-0.05, 0) is 50.8 Å². The molecule has 0 aliphatic carbocycles. The van der Waals surface area contributed by atoms with Crippen LogP contribution >= 0.6 is 11.8 Å². The first kappa shape index (κ1) is 15.4. The second-order valence-corrected chi connectivity index (χ2v) is 7.98. The van der Waals surface area contributed by atoms with E-state index >= 15 is 0 Å². The fourth-order valence-corrected chi connectivity index (χ4v) is 5.10. The van der Waals surface area contributed by atoms with E-state index in [9.17, 15) is 5.11 Å². The predicted octanol–water partition coefficient (Wildman–Crippen LogP) is 3.72. The van der Waals surface area contributed by atoms with E-state index in [0.717, 1.165) is 6.42 Å². The van der Waals surface area contributed by atoms with Gasteiger partial charge in [-0.15, -0.1) is 11.8 Å². The summed E-state index contributed by atoms with van der Waals surface area (Å²) in [4.78, 5) is 4.15. The smallest absolute Gasteiger partial charge is 0.0527 e.